The summed E-state index contributed by atoms with van der Waals surface area (Å²) in [6, 6.07) is -0.208. The summed E-state index contributed by atoms with van der Waals surface area (Å²) in [6.45, 7) is 2.08. The summed E-state index contributed by atoms with van der Waals surface area (Å²) in [5.74, 6) is -0.183. The maximum absolute atomic E-state index is 11.9. The van der Waals surface area contributed by atoms with Crippen LogP contribution in [0, 0.1) is 17.8 Å². The molecular weight excluding hydrogens is 234 g/mol. The lowest BCUT2D eigenvalue weighted by Crippen LogP contribution is -2.54. The number of amides is 1. The topological polar surface area (TPSA) is 64.6 Å². The van der Waals surface area contributed by atoms with E-state index in [1.54, 1.807) is 6.92 Å². The standard InChI is InChI=1S/C13H19NO4/c1-3-18-13(16)14-11-9-6-4-8(5-7-9)10(11)12(15)17-2/h4,6,8-11H,3,5,7H2,1-2H3,(H,14,16). The Morgan fingerprint density at radius 3 is 2.50 bits per heavy atom. The number of fused-ring (bicyclic) bond motifs is 2. The van der Waals surface area contributed by atoms with E-state index in [0.29, 0.717) is 6.61 Å². The second-order valence-corrected chi connectivity index (χ2v) is 4.73. The molecule has 1 fully saturated rings. The van der Waals surface area contributed by atoms with E-state index in [9.17, 15) is 9.59 Å². The van der Waals surface area contributed by atoms with Crippen molar-refractivity contribution in [3.05, 3.63) is 12.2 Å². The summed E-state index contributed by atoms with van der Waals surface area (Å²) in [4.78, 5) is 23.4. The molecule has 5 heteroatoms. The van der Waals surface area contributed by atoms with Gasteiger partial charge < -0.3 is 14.8 Å². The van der Waals surface area contributed by atoms with Crippen LogP contribution in [0.3, 0.4) is 0 Å². The first-order chi connectivity index (χ1) is 8.67. The maximum Gasteiger partial charge on any atom is 0.407 e. The number of hydrogen-bond donors (Lipinski definition) is 1. The number of allylic oxidation sites excluding steroid dienone is 1. The predicted molar refractivity (Wildman–Crippen MR) is 64.8 cm³/mol. The Morgan fingerprint density at radius 2 is 1.94 bits per heavy atom. The number of esters is 1. The molecule has 0 heterocycles. The van der Waals surface area contributed by atoms with Crippen molar-refractivity contribution in [1.29, 1.82) is 0 Å². The molecule has 1 amide bonds. The van der Waals surface area contributed by atoms with Crippen molar-refractivity contribution in [2.75, 3.05) is 13.7 Å². The number of rotatable bonds is 3. The van der Waals surface area contributed by atoms with Crippen molar-refractivity contribution in [2.45, 2.75) is 25.8 Å². The van der Waals surface area contributed by atoms with Gasteiger partial charge in [0, 0.05) is 0 Å². The molecule has 1 saturated carbocycles. The van der Waals surface area contributed by atoms with Crippen LogP contribution in [-0.4, -0.2) is 31.8 Å². The van der Waals surface area contributed by atoms with Gasteiger partial charge in [0.2, 0.25) is 0 Å². The summed E-state index contributed by atoms with van der Waals surface area (Å²) in [5, 5.41) is 2.80. The van der Waals surface area contributed by atoms with Crippen molar-refractivity contribution in [3.63, 3.8) is 0 Å². The predicted octanol–water partition coefficient (Wildman–Crippen LogP) is 1.49. The van der Waals surface area contributed by atoms with Gasteiger partial charge in [-0.2, -0.15) is 0 Å². The van der Waals surface area contributed by atoms with E-state index in [1.165, 1.54) is 7.11 Å². The van der Waals surface area contributed by atoms with Crippen molar-refractivity contribution >= 4 is 12.1 Å². The molecule has 2 bridgehead atoms. The molecule has 0 aromatic heterocycles. The van der Waals surface area contributed by atoms with E-state index in [2.05, 4.69) is 17.5 Å². The highest BCUT2D eigenvalue weighted by Gasteiger charge is 2.46. The Labute approximate surface area is 107 Å². The SMILES string of the molecule is CCOC(=O)NC1C2C=CC(CC2)C1C(=O)OC. The highest BCUT2D eigenvalue weighted by atomic mass is 16.5. The Balaban J connectivity index is 2.12. The smallest absolute Gasteiger partial charge is 0.407 e. The number of nitrogens with one attached hydrogen (secondary N) is 1. The minimum Gasteiger partial charge on any atom is -0.469 e. The van der Waals surface area contributed by atoms with E-state index >= 15 is 0 Å². The molecule has 5 nitrogen and oxygen atoms in total. The lowest BCUT2D eigenvalue weighted by molar-refractivity contribution is -0.150. The zero-order chi connectivity index (χ0) is 13.1. The molecule has 1 N–H and O–H groups in total. The van der Waals surface area contributed by atoms with E-state index in [-0.39, 0.29) is 29.8 Å². The molecule has 0 aromatic carbocycles. The molecule has 4 atom stereocenters. The molecule has 3 rings (SSSR count). The molecule has 0 spiro atoms. The third-order valence-electron chi connectivity index (χ3n) is 3.78. The average molecular weight is 253 g/mol. The first-order valence-electron chi connectivity index (χ1n) is 6.36. The van der Waals surface area contributed by atoms with Crippen LogP contribution in [0.2, 0.25) is 0 Å². The van der Waals surface area contributed by atoms with Gasteiger partial charge in [-0.05, 0) is 31.6 Å². The van der Waals surface area contributed by atoms with Crippen LogP contribution >= 0.6 is 0 Å². The molecule has 0 aliphatic heterocycles. The average Bonchev–Trinajstić information content (AvgIpc) is 2.39. The summed E-state index contributed by atoms with van der Waals surface area (Å²) in [6.07, 6.45) is 5.66. The van der Waals surface area contributed by atoms with Crippen molar-refractivity contribution < 1.29 is 19.1 Å². The third-order valence-corrected chi connectivity index (χ3v) is 3.78. The number of hydrogen-bond acceptors (Lipinski definition) is 4. The largest absolute Gasteiger partial charge is 0.469 e. The summed E-state index contributed by atoms with van der Waals surface area (Å²) >= 11 is 0. The molecular formula is C13H19NO4. The molecule has 0 radical (unpaired) electrons. The van der Waals surface area contributed by atoms with Gasteiger partial charge in [0.25, 0.3) is 0 Å². The summed E-state index contributed by atoms with van der Waals surface area (Å²) in [5.41, 5.74) is 0. The van der Waals surface area contributed by atoms with E-state index < -0.39 is 6.09 Å². The van der Waals surface area contributed by atoms with Gasteiger partial charge in [0.05, 0.1) is 25.7 Å². The minimum atomic E-state index is -0.461. The number of carbonyl (C=O) groups excluding carboxylic acids is 2. The second kappa shape index (κ2) is 5.42. The Bertz CT molecular complexity index is 366. The number of ether oxygens (including phenoxy) is 2. The van der Waals surface area contributed by atoms with Crippen LogP contribution in [0.25, 0.3) is 0 Å². The van der Waals surface area contributed by atoms with Crippen LogP contribution in [0.15, 0.2) is 12.2 Å². The van der Waals surface area contributed by atoms with Gasteiger partial charge in [0.15, 0.2) is 0 Å². The van der Waals surface area contributed by atoms with Crippen LogP contribution in [0.1, 0.15) is 19.8 Å². The first kappa shape index (κ1) is 12.9. The van der Waals surface area contributed by atoms with Crippen molar-refractivity contribution in [2.24, 2.45) is 17.8 Å². The van der Waals surface area contributed by atoms with Gasteiger partial charge in [-0.25, -0.2) is 4.79 Å². The van der Waals surface area contributed by atoms with Crippen molar-refractivity contribution in [3.8, 4) is 0 Å². The van der Waals surface area contributed by atoms with Crippen molar-refractivity contribution in [1.82, 2.24) is 5.32 Å². The summed E-state index contributed by atoms with van der Waals surface area (Å²) < 4.78 is 9.74. The highest BCUT2D eigenvalue weighted by molar-refractivity contribution is 5.76. The molecule has 0 saturated heterocycles. The number of carbonyl (C=O) groups is 2. The fourth-order valence-electron chi connectivity index (χ4n) is 2.96. The second-order valence-electron chi connectivity index (χ2n) is 4.73. The van der Waals surface area contributed by atoms with Gasteiger partial charge >= 0.3 is 12.1 Å². The molecule has 3 aliphatic carbocycles. The quantitative estimate of drug-likeness (QED) is 0.611. The lowest BCUT2D eigenvalue weighted by Gasteiger charge is -2.43. The molecule has 4 unspecified atom stereocenters. The number of methoxy groups -OCH3 is 1. The molecule has 18 heavy (non-hydrogen) atoms. The zero-order valence-electron chi connectivity index (χ0n) is 10.7. The van der Waals surface area contributed by atoms with E-state index in [4.69, 9.17) is 9.47 Å². The number of alkyl carbamates (subject to hydrolysis) is 1. The zero-order valence-corrected chi connectivity index (χ0v) is 10.7. The highest BCUT2D eigenvalue weighted by Crippen LogP contribution is 2.41. The van der Waals surface area contributed by atoms with Crippen LogP contribution in [-0.2, 0) is 14.3 Å². The van der Waals surface area contributed by atoms with E-state index in [0.717, 1.165) is 12.8 Å². The normalized spacial score (nSPS) is 33.0. The van der Waals surface area contributed by atoms with E-state index in [1.807, 2.05) is 0 Å². The molecule has 3 aliphatic rings. The van der Waals surface area contributed by atoms with Crippen LogP contribution in [0.4, 0.5) is 4.79 Å². The first-order valence-corrected chi connectivity index (χ1v) is 6.36. The Morgan fingerprint density at radius 1 is 1.28 bits per heavy atom. The lowest BCUT2D eigenvalue weighted by atomic mass is 9.66. The fourth-order valence-corrected chi connectivity index (χ4v) is 2.96. The Hall–Kier alpha value is -1.52. The van der Waals surface area contributed by atoms with Crippen LogP contribution in [0.5, 0.6) is 0 Å². The van der Waals surface area contributed by atoms with Gasteiger partial charge in [-0.15, -0.1) is 0 Å². The van der Waals surface area contributed by atoms with Gasteiger partial charge in [-0.3, -0.25) is 4.79 Å². The third kappa shape index (κ3) is 2.35. The Kier molecular flexibility index (Phi) is 3.89. The summed E-state index contributed by atoms with van der Waals surface area (Å²) in [7, 11) is 1.38. The molecule has 100 valence electrons. The monoisotopic (exact) mass is 253 g/mol. The maximum atomic E-state index is 11.9. The minimum absolute atomic E-state index is 0.161. The van der Waals surface area contributed by atoms with Gasteiger partial charge in [0.1, 0.15) is 0 Å². The molecule has 0 aromatic rings. The van der Waals surface area contributed by atoms with Crippen LogP contribution < -0.4 is 5.32 Å². The fraction of sp³-hybridized carbons (Fsp3) is 0.692. The van der Waals surface area contributed by atoms with Gasteiger partial charge in [-0.1, -0.05) is 12.2 Å².